The number of alkyl carbamates (subject to hydrolysis) is 1. The predicted octanol–water partition coefficient (Wildman–Crippen LogP) is 3.02. The fraction of sp³-hybridized carbons (Fsp3) is 0.778. The van der Waals surface area contributed by atoms with Crippen LogP contribution in [0.2, 0.25) is 0 Å². The van der Waals surface area contributed by atoms with Crippen molar-refractivity contribution in [3.63, 3.8) is 0 Å². The monoisotopic (exact) mass is 680 g/mol. The summed E-state index contributed by atoms with van der Waals surface area (Å²) in [6, 6.07) is 0. The Kier molecular flexibility index (Phi) is 15.6. The average Bonchev–Trinajstić information content (AvgIpc) is 3.79. The van der Waals surface area contributed by atoms with Gasteiger partial charge in [-0.3, -0.25) is 9.69 Å². The maximum absolute atomic E-state index is 12.8. The van der Waals surface area contributed by atoms with Crippen LogP contribution in [-0.4, -0.2) is 125 Å². The first-order chi connectivity index (χ1) is 22.6. The van der Waals surface area contributed by atoms with Crippen LogP contribution in [-0.2, 0) is 23.7 Å². The van der Waals surface area contributed by atoms with Crippen molar-refractivity contribution in [2.24, 2.45) is 11.8 Å². The van der Waals surface area contributed by atoms with Crippen molar-refractivity contribution in [1.82, 2.24) is 10.2 Å². The molecule has 10 unspecified atom stereocenters. The first kappa shape index (κ1) is 40.1. The molecule has 0 radical (unpaired) electrons. The molecule has 2 saturated heterocycles. The summed E-state index contributed by atoms with van der Waals surface area (Å²) < 4.78 is 22.6. The van der Waals surface area contributed by atoms with E-state index in [2.05, 4.69) is 10.2 Å². The van der Waals surface area contributed by atoms with E-state index < -0.39 is 47.7 Å². The van der Waals surface area contributed by atoms with E-state index >= 15 is 0 Å². The number of ether oxygens (including phenoxy) is 4. The van der Waals surface area contributed by atoms with Crippen LogP contribution < -0.4 is 5.32 Å². The van der Waals surface area contributed by atoms with E-state index in [0.29, 0.717) is 38.2 Å². The van der Waals surface area contributed by atoms with Crippen molar-refractivity contribution < 1.29 is 49.0 Å². The van der Waals surface area contributed by atoms with Crippen molar-refractivity contribution in [3.8, 4) is 0 Å². The van der Waals surface area contributed by atoms with Crippen LogP contribution in [0.3, 0.4) is 0 Å². The molecular weight excluding hydrogens is 620 g/mol. The number of allylic oxidation sites excluding steroid dienone is 2. The van der Waals surface area contributed by atoms with Crippen LogP contribution in [0.5, 0.6) is 0 Å². The van der Waals surface area contributed by atoms with E-state index in [-0.39, 0.29) is 43.3 Å². The fourth-order valence-corrected chi connectivity index (χ4v) is 6.28. The molecule has 0 aromatic rings. The Balaban J connectivity index is 1.66. The third-order valence-electron chi connectivity index (χ3n) is 9.63. The zero-order valence-corrected chi connectivity index (χ0v) is 29.7. The van der Waals surface area contributed by atoms with Gasteiger partial charge in [-0.2, -0.15) is 0 Å². The molecule has 3 heterocycles. The van der Waals surface area contributed by atoms with Gasteiger partial charge < -0.3 is 44.7 Å². The summed E-state index contributed by atoms with van der Waals surface area (Å²) in [4.78, 5) is 27.9. The fourth-order valence-electron chi connectivity index (χ4n) is 6.28. The summed E-state index contributed by atoms with van der Waals surface area (Å²) in [6.45, 7) is 15.2. The van der Waals surface area contributed by atoms with Gasteiger partial charge in [-0.05, 0) is 64.6 Å². The van der Waals surface area contributed by atoms with Gasteiger partial charge in [0.05, 0.1) is 49.7 Å². The summed E-state index contributed by atoms with van der Waals surface area (Å²) in [5.74, 6) is -0.970. The second-order valence-electron chi connectivity index (χ2n) is 14.3. The van der Waals surface area contributed by atoms with E-state index in [0.717, 1.165) is 26.1 Å². The van der Waals surface area contributed by atoms with Crippen LogP contribution in [0.15, 0.2) is 36.0 Å². The Bertz CT molecular complexity index is 1120. The summed E-state index contributed by atoms with van der Waals surface area (Å²) in [7, 11) is 0. The van der Waals surface area contributed by atoms with Crippen molar-refractivity contribution in [1.29, 1.82) is 0 Å². The summed E-state index contributed by atoms with van der Waals surface area (Å²) in [5.41, 5.74) is -1.97. The van der Waals surface area contributed by atoms with Crippen molar-refractivity contribution in [3.05, 3.63) is 36.0 Å². The molecule has 274 valence electrons. The highest BCUT2D eigenvalue weighted by atomic mass is 16.6. The van der Waals surface area contributed by atoms with Gasteiger partial charge in [0, 0.05) is 37.9 Å². The van der Waals surface area contributed by atoms with Crippen LogP contribution in [0, 0.1) is 11.8 Å². The lowest BCUT2D eigenvalue weighted by atomic mass is 9.88. The average molecular weight is 681 g/mol. The Morgan fingerprint density at radius 1 is 1.29 bits per heavy atom. The molecule has 3 aliphatic rings. The minimum absolute atomic E-state index is 0.0144. The highest BCUT2D eigenvalue weighted by Crippen LogP contribution is 2.37. The molecule has 3 aliphatic heterocycles. The molecule has 0 aromatic heterocycles. The summed E-state index contributed by atoms with van der Waals surface area (Å²) in [5, 5.41) is 45.8. The van der Waals surface area contributed by atoms with Crippen LogP contribution in [0.1, 0.15) is 80.1 Å². The number of esters is 1. The van der Waals surface area contributed by atoms with Gasteiger partial charge in [0.15, 0.2) is 6.10 Å². The van der Waals surface area contributed by atoms with Gasteiger partial charge in [0.1, 0.15) is 11.7 Å². The molecule has 0 aliphatic carbocycles. The number of nitrogens with zero attached hydrogens (tertiary/aromatic N) is 1. The molecule has 0 saturated carbocycles. The number of hydrogen-bond donors (Lipinski definition) is 5. The minimum Gasteiger partial charge on any atom is -0.457 e. The molecule has 0 spiro atoms. The van der Waals surface area contributed by atoms with E-state index in [1.54, 1.807) is 44.2 Å². The highest BCUT2D eigenvalue weighted by Gasteiger charge is 2.47. The minimum atomic E-state index is -1.50. The number of epoxide rings is 1. The molecule has 48 heavy (non-hydrogen) atoms. The zero-order chi connectivity index (χ0) is 35.5. The third-order valence-corrected chi connectivity index (χ3v) is 9.63. The number of amides is 1. The number of nitrogens with one attached hydrogen (secondary N) is 1. The lowest BCUT2D eigenvalue weighted by molar-refractivity contribution is -0.151. The quantitative estimate of drug-likeness (QED) is 0.0637. The molecule has 10 atom stereocenters. The summed E-state index contributed by atoms with van der Waals surface area (Å²) >= 11 is 0. The maximum Gasteiger partial charge on any atom is 0.407 e. The lowest BCUT2D eigenvalue weighted by Gasteiger charge is -2.32. The first-order valence-corrected chi connectivity index (χ1v) is 17.6. The molecular formula is C36H60N2O10. The van der Waals surface area contributed by atoms with E-state index in [1.807, 2.05) is 27.7 Å². The van der Waals surface area contributed by atoms with Gasteiger partial charge in [-0.25, -0.2) is 4.79 Å². The molecule has 5 N–H and O–H groups in total. The predicted molar refractivity (Wildman–Crippen MR) is 181 cm³/mol. The Labute approximate surface area is 286 Å². The SMILES string of the molecule is CCC(O)C(C)C1OC1CC(C)(O)C=CC=C(C)C1OC(=O)CC(O)CCC(C)(O)C(OC(=O)NCCCN2CCOCC2)C=CC1C. The molecule has 12 heteroatoms. The van der Waals surface area contributed by atoms with Crippen molar-refractivity contribution in [2.75, 3.05) is 39.4 Å². The van der Waals surface area contributed by atoms with Gasteiger partial charge in [0.2, 0.25) is 0 Å². The van der Waals surface area contributed by atoms with E-state index in [9.17, 15) is 30.0 Å². The molecule has 12 nitrogen and oxygen atoms in total. The first-order valence-electron chi connectivity index (χ1n) is 17.6. The number of aliphatic hydroxyl groups excluding tert-OH is 2. The largest absolute Gasteiger partial charge is 0.457 e. The van der Waals surface area contributed by atoms with E-state index in [4.69, 9.17) is 18.9 Å². The van der Waals surface area contributed by atoms with Crippen molar-refractivity contribution >= 4 is 12.1 Å². The number of hydrogen-bond acceptors (Lipinski definition) is 11. The highest BCUT2D eigenvalue weighted by molar-refractivity contribution is 5.70. The van der Waals surface area contributed by atoms with E-state index in [1.165, 1.54) is 0 Å². The van der Waals surface area contributed by atoms with Gasteiger partial charge in [-0.1, -0.05) is 45.1 Å². The number of rotatable bonds is 13. The van der Waals surface area contributed by atoms with Crippen LogP contribution in [0.25, 0.3) is 0 Å². The number of morpholine rings is 1. The van der Waals surface area contributed by atoms with Crippen LogP contribution in [0.4, 0.5) is 4.79 Å². The maximum atomic E-state index is 12.8. The zero-order valence-electron chi connectivity index (χ0n) is 29.7. The molecule has 2 fully saturated rings. The van der Waals surface area contributed by atoms with Crippen molar-refractivity contribution in [2.45, 2.75) is 128 Å². The Morgan fingerprint density at radius 3 is 2.69 bits per heavy atom. The van der Waals surface area contributed by atoms with Gasteiger partial charge >= 0.3 is 12.1 Å². The van der Waals surface area contributed by atoms with Crippen LogP contribution >= 0.6 is 0 Å². The smallest absolute Gasteiger partial charge is 0.407 e. The number of aliphatic hydroxyl groups is 4. The van der Waals surface area contributed by atoms with Gasteiger partial charge in [-0.15, -0.1) is 0 Å². The third kappa shape index (κ3) is 13.2. The molecule has 1 amide bonds. The number of cyclic esters (lactones) is 1. The lowest BCUT2D eigenvalue weighted by Crippen LogP contribution is -2.44. The number of carbonyl (C=O) groups excluding carboxylic acids is 2. The summed E-state index contributed by atoms with van der Waals surface area (Å²) in [6.07, 6.45) is 6.12. The normalized spacial score (nSPS) is 33.5. The Hall–Kier alpha value is -2.32. The second kappa shape index (κ2) is 18.6. The second-order valence-corrected chi connectivity index (χ2v) is 14.3. The standard InChI is InChI=1S/C36H60N2O10/c1-7-28(40)26(4)33-29(46-33)23-35(5,43)14-8-10-24(2)32-25(3)11-12-30(36(6,44)15-13-27(39)22-31(41)48-32)47-34(42)37-16-9-17-38-18-20-45-21-19-38/h8,10-12,14,25-30,32-33,39-40,43-44H,7,9,13,15-23H2,1-6H3,(H,37,42). The van der Waals surface area contributed by atoms with Gasteiger partial charge in [0.25, 0.3) is 0 Å². The topological polar surface area (TPSA) is 171 Å². The molecule has 3 rings (SSSR count). The molecule has 0 bridgehead atoms. The number of carbonyl (C=O) groups is 2. The Morgan fingerprint density at radius 2 is 2.00 bits per heavy atom. The molecule has 0 aromatic carbocycles.